The van der Waals surface area contributed by atoms with E-state index in [1.807, 2.05) is 11.0 Å². The molecule has 1 aromatic heterocycles. The molecule has 20 heavy (non-hydrogen) atoms. The molecule has 3 N–H and O–H groups in total. The van der Waals surface area contributed by atoms with Crippen LogP contribution in [0, 0.1) is 0 Å². The first-order valence-corrected chi connectivity index (χ1v) is 6.56. The van der Waals surface area contributed by atoms with Crippen LogP contribution < -0.4 is 16.0 Å². The van der Waals surface area contributed by atoms with Gasteiger partial charge in [-0.05, 0) is 12.1 Å². The molecule has 0 spiro atoms. The molecule has 0 bridgehead atoms. The van der Waals surface area contributed by atoms with E-state index in [-0.39, 0.29) is 18.4 Å². The van der Waals surface area contributed by atoms with Gasteiger partial charge in [0, 0.05) is 33.1 Å². The van der Waals surface area contributed by atoms with Gasteiger partial charge in [-0.3, -0.25) is 9.59 Å². The summed E-state index contributed by atoms with van der Waals surface area (Å²) in [4.78, 5) is 30.7. The first-order valence-electron chi connectivity index (χ1n) is 6.56. The van der Waals surface area contributed by atoms with Gasteiger partial charge in [-0.1, -0.05) is 0 Å². The molecule has 0 saturated carbocycles. The number of hydrogen-bond acceptors (Lipinski definition) is 5. The van der Waals surface area contributed by atoms with Crippen molar-refractivity contribution >= 4 is 23.3 Å². The van der Waals surface area contributed by atoms with E-state index in [4.69, 9.17) is 5.73 Å². The number of nitrogens with one attached hydrogen (secondary N) is 1. The molecule has 0 radical (unpaired) electrons. The summed E-state index contributed by atoms with van der Waals surface area (Å²) in [7, 11) is 0. The standard InChI is InChI=1S/C13H19N5O2/c1-10(19)17-4-6-18(7-5-17)12-3-2-11(9-15-12)16-13(20)8-14/h2-3,9H,4-8,14H2,1H3,(H,16,20). The Balaban J connectivity index is 1.94. The zero-order chi connectivity index (χ0) is 14.5. The maximum Gasteiger partial charge on any atom is 0.238 e. The number of carbonyl (C=O) groups excluding carboxylic acids is 2. The summed E-state index contributed by atoms with van der Waals surface area (Å²) in [5, 5.41) is 2.65. The second kappa shape index (κ2) is 6.33. The Bertz CT molecular complexity index is 480. The summed E-state index contributed by atoms with van der Waals surface area (Å²) in [6.45, 7) is 4.49. The van der Waals surface area contributed by atoms with E-state index >= 15 is 0 Å². The maximum absolute atomic E-state index is 11.3. The highest BCUT2D eigenvalue weighted by Crippen LogP contribution is 2.16. The smallest absolute Gasteiger partial charge is 0.238 e. The van der Waals surface area contributed by atoms with Crippen molar-refractivity contribution in [2.45, 2.75) is 6.92 Å². The Morgan fingerprint density at radius 1 is 1.30 bits per heavy atom. The Morgan fingerprint density at radius 2 is 2.00 bits per heavy atom. The molecule has 0 atom stereocenters. The number of anilines is 2. The summed E-state index contributed by atoms with van der Waals surface area (Å²) >= 11 is 0. The highest BCUT2D eigenvalue weighted by Gasteiger charge is 2.19. The van der Waals surface area contributed by atoms with E-state index in [1.54, 1.807) is 19.2 Å². The Hall–Kier alpha value is -2.15. The van der Waals surface area contributed by atoms with Crippen molar-refractivity contribution in [2.24, 2.45) is 5.73 Å². The molecule has 1 aromatic rings. The van der Waals surface area contributed by atoms with Gasteiger partial charge in [0.25, 0.3) is 0 Å². The fourth-order valence-corrected chi connectivity index (χ4v) is 2.11. The lowest BCUT2D eigenvalue weighted by atomic mass is 10.3. The number of nitrogens with zero attached hydrogens (tertiary/aromatic N) is 3. The summed E-state index contributed by atoms with van der Waals surface area (Å²) < 4.78 is 0. The molecule has 2 rings (SSSR count). The molecule has 0 aromatic carbocycles. The van der Waals surface area contributed by atoms with Crippen molar-refractivity contribution in [3.63, 3.8) is 0 Å². The average Bonchev–Trinajstić information content (AvgIpc) is 2.48. The van der Waals surface area contributed by atoms with E-state index in [1.165, 1.54) is 0 Å². The molecule has 1 aliphatic rings. The molecular formula is C13H19N5O2. The molecule has 2 amide bonds. The van der Waals surface area contributed by atoms with E-state index < -0.39 is 0 Å². The fraction of sp³-hybridized carbons (Fsp3) is 0.462. The first kappa shape index (κ1) is 14.3. The van der Waals surface area contributed by atoms with Crippen LogP contribution in [0.25, 0.3) is 0 Å². The minimum Gasteiger partial charge on any atom is -0.353 e. The minimum absolute atomic E-state index is 0.0469. The minimum atomic E-state index is -0.241. The zero-order valence-electron chi connectivity index (χ0n) is 11.5. The third kappa shape index (κ3) is 3.45. The van der Waals surface area contributed by atoms with Crippen molar-refractivity contribution in [3.05, 3.63) is 18.3 Å². The van der Waals surface area contributed by atoms with E-state index in [2.05, 4.69) is 15.2 Å². The van der Waals surface area contributed by atoms with Gasteiger partial charge < -0.3 is 20.9 Å². The number of nitrogens with two attached hydrogens (primary N) is 1. The van der Waals surface area contributed by atoms with Gasteiger partial charge in [0.1, 0.15) is 5.82 Å². The Kier molecular flexibility index (Phi) is 4.52. The quantitative estimate of drug-likeness (QED) is 0.788. The second-order valence-corrected chi connectivity index (χ2v) is 4.65. The third-order valence-electron chi connectivity index (χ3n) is 3.27. The van der Waals surface area contributed by atoms with E-state index in [9.17, 15) is 9.59 Å². The lowest BCUT2D eigenvalue weighted by Gasteiger charge is -2.34. The number of rotatable bonds is 3. The number of carbonyl (C=O) groups is 2. The SMILES string of the molecule is CC(=O)N1CCN(c2ccc(NC(=O)CN)cn2)CC1. The van der Waals surface area contributed by atoms with Crippen LogP contribution in [0.15, 0.2) is 18.3 Å². The lowest BCUT2D eigenvalue weighted by Crippen LogP contribution is -2.48. The molecule has 108 valence electrons. The summed E-state index contributed by atoms with van der Waals surface area (Å²) in [5.74, 6) is 0.714. The van der Waals surface area contributed by atoms with Crippen molar-refractivity contribution in [1.82, 2.24) is 9.88 Å². The summed E-state index contributed by atoms with van der Waals surface area (Å²) in [5.41, 5.74) is 5.86. The molecule has 7 heteroatoms. The normalized spacial score (nSPS) is 15.1. The largest absolute Gasteiger partial charge is 0.353 e. The highest BCUT2D eigenvalue weighted by molar-refractivity contribution is 5.91. The average molecular weight is 277 g/mol. The zero-order valence-corrected chi connectivity index (χ0v) is 11.5. The van der Waals surface area contributed by atoms with Crippen molar-refractivity contribution in [2.75, 3.05) is 42.9 Å². The van der Waals surface area contributed by atoms with Crippen LogP contribution in [0.4, 0.5) is 11.5 Å². The molecular weight excluding hydrogens is 258 g/mol. The first-order chi connectivity index (χ1) is 9.60. The van der Waals surface area contributed by atoms with Crippen LogP contribution in [0.1, 0.15) is 6.92 Å². The molecule has 2 heterocycles. The van der Waals surface area contributed by atoms with E-state index in [0.717, 1.165) is 18.9 Å². The fourth-order valence-electron chi connectivity index (χ4n) is 2.11. The van der Waals surface area contributed by atoms with Crippen molar-refractivity contribution < 1.29 is 9.59 Å². The van der Waals surface area contributed by atoms with Crippen LogP contribution in [0.3, 0.4) is 0 Å². The number of aromatic nitrogens is 1. The van der Waals surface area contributed by atoms with Gasteiger partial charge in [-0.2, -0.15) is 0 Å². The topological polar surface area (TPSA) is 91.6 Å². The van der Waals surface area contributed by atoms with Crippen LogP contribution in [0.2, 0.25) is 0 Å². The molecule has 7 nitrogen and oxygen atoms in total. The number of amides is 2. The number of pyridine rings is 1. The third-order valence-corrected chi connectivity index (χ3v) is 3.27. The Labute approximate surface area is 117 Å². The summed E-state index contributed by atoms with van der Waals surface area (Å²) in [6, 6.07) is 3.66. The monoisotopic (exact) mass is 277 g/mol. The maximum atomic E-state index is 11.3. The molecule has 1 fully saturated rings. The van der Waals surface area contributed by atoms with Gasteiger partial charge in [0.05, 0.1) is 18.4 Å². The molecule has 1 saturated heterocycles. The number of piperazine rings is 1. The molecule has 1 aliphatic heterocycles. The van der Waals surface area contributed by atoms with Crippen molar-refractivity contribution in [3.8, 4) is 0 Å². The van der Waals surface area contributed by atoms with Gasteiger partial charge in [-0.25, -0.2) is 4.98 Å². The lowest BCUT2D eigenvalue weighted by molar-refractivity contribution is -0.129. The van der Waals surface area contributed by atoms with Gasteiger partial charge in [-0.15, -0.1) is 0 Å². The summed E-state index contributed by atoms with van der Waals surface area (Å²) in [6.07, 6.45) is 1.61. The van der Waals surface area contributed by atoms with Crippen LogP contribution in [0.5, 0.6) is 0 Å². The predicted octanol–water partition coefficient (Wildman–Crippen LogP) is -0.353. The van der Waals surface area contributed by atoms with Crippen LogP contribution in [-0.2, 0) is 9.59 Å². The van der Waals surface area contributed by atoms with Crippen LogP contribution in [-0.4, -0.2) is 54.4 Å². The van der Waals surface area contributed by atoms with Gasteiger partial charge in [0.15, 0.2) is 0 Å². The molecule has 0 aliphatic carbocycles. The van der Waals surface area contributed by atoms with Crippen LogP contribution >= 0.6 is 0 Å². The molecule has 0 unspecified atom stereocenters. The second-order valence-electron chi connectivity index (χ2n) is 4.65. The van der Waals surface area contributed by atoms with Gasteiger partial charge in [0.2, 0.25) is 11.8 Å². The van der Waals surface area contributed by atoms with E-state index in [0.29, 0.717) is 18.8 Å². The van der Waals surface area contributed by atoms with Gasteiger partial charge >= 0.3 is 0 Å². The number of hydrogen-bond donors (Lipinski definition) is 2. The predicted molar refractivity (Wildman–Crippen MR) is 76.4 cm³/mol. The highest BCUT2D eigenvalue weighted by atomic mass is 16.2. The Morgan fingerprint density at radius 3 is 2.50 bits per heavy atom. The van der Waals surface area contributed by atoms with Crippen molar-refractivity contribution in [1.29, 1.82) is 0 Å².